The zero-order valence-electron chi connectivity index (χ0n) is 10.3. The molecule has 2 aromatic rings. The van der Waals surface area contributed by atoms with E-state index in [1.807, 2.05) is 0 Å². The summed E-state index contributed by atoms with van der Waals surface area (Å²) in [6.07, 6.45) is 0. The van der Waals surface area contributed by atoms with Crippen LogP contribution in [0.1, 0.15) is 11.4 Å². The van der Waals surface area contributed by atoms with Gasteiger partial charge in [-0.25, -0.2) is 18.1 Å². The molecular weight excluding hydrogens is 332 g/mol. The summed E-state index contributed by atoms with van der Waals surface area (Å²) in [5, 5.41) is 7.54. The monoisotopic (exact) mass is 342 g/mol. The summed E-state index contributed by atoms with van der Waals surface area (Å²) in [6, 6.07) is 6.50. The number of sulfonamides is 1. The number of nitrogens with one attached hydrogen (secondary N) is 1. The van der Waals surface area contributed by atoms with E-state index >= 15 is 0 Å². The molecule has 0 bridgehead atoms. The van der Waals surface area contributed by atoms with E-state index in [1.54, 1.807) is 32.0 Å². The predicted molar refractivity (Wildman–Crippen MR) is 74.3 cm³/mol. The molecule has 19 heavy (non-hydrogen) atoms. The van der Waals surface area contributed by atoms with Gasteiger partial charge < -0.3 is 0 Å². The third-order valence-corrected chi connectivity index (χ3v) is 4.78. The minimum Gasteiger partial charge on any atom is -0.246 e. The highest BCUT2D eigenvalue weighted by Crippen LogP contribution is 2.22. The Morgan fingerprint density at radius 1 is 1.11 bits per heavy atom. The van der Waals surface area contributed by atoms with Gasteiger partial charge in [-0.1, -0.05) is 12.1 Å². The number of hydrogen-bond donors (Lipinski definition) is 1. The first-order chi connectivity index (χ1) is 8.90. The predicted octanol–water partition coefficient (Wildman–Crippen LogP) is 2.05. The molecule has 1 N–H and O–H groups in total. The lowest BCUT2D eigenvalue weighted by Gasteiger charge is -2.08. The van der Waals surface area contributed by atoms with Crippen molar-refractivity contribution in [1.29, 1.82) is 0 Å². The van der Waals surface area contributed by atoms with Crippen molar-refractivity contribution in [2.75, 3.05) is 4.72 Å². The van der Waals surface area contributed by atoms with Crippen LogP contribution in [0.25, 0.3) is 0 Å². The van der Waals surface area contributed by atoms with E-state index in [-0.39, 0.29) is 10.8 Å². The van der Waals surface area contributed by atoms with Gasteiger partial charge in [-0.15, -0.1) is 5.10 Å². The maximum absolute atomic E-state index is 12.2. The second-order valence-corrected chi connectivity index (χ2v) is 6.35. The van der Waals surface area contributed by atoms with Gasteiger partial charge in [0.1, 0.15) is 4.90 Å². The van der Waals surface area contributed by atoms with Gasteiger partial charge in [0.05, 0.1) is 11.4 Å². The van der Waals surface area contributed by atoms with Crippen molar-refractivity contribution >= 4 is 31.9 Å². The van der Waals surface area contributed by atoms with Gasteiger partial charge in [0.2, 0.25) is 0 Å². The molecular formula is C11H11BrN4O2S. The normalized spacial score (nSPS) is 11.3. The minimum absolute atomic E-state index is 0.0427. The van der Waals surface area contributed by atoms with Crippen molar-refractivity contribution < 1.29 is 8.42 Å². The average molecular weight is 343 g/mol. The van der Waals surface area contributed by atoms with Crippen LogP contribution in [-0.2, 0) is 10.0 Å². The maximum atomic E-state index is 12.2. The van der Waals surface area contributed by atoms with Gasteiger partial charge in [-0.05, 0) is 41.9 Å². The highest BCUT2D eigenvalue weighted by atomic mass is 79.9. The molecule has 8 heteroatoms. The smallest absolute Gasteiger partial charge is 0.246 e. The largest absolute Gasteiger partial charge is 0.265 e. The molecule has 0 aliphatic carbocycles. The molecule has 1 aromatic carbocycles. The van der Waals surface area contributed by atoms with Crippen LogP contribution in [0, 0.1) is 13.8 Å². The van der Waals surface area contributed by atoms with E-state index < -0.39 is 10.0 Å². The van der Waals surface area contributed by atoms with Crippen LogP contribution in [0.4, 0.5) is 5.95 Å². The Bertz CT molecular complexity index is 718. The summed E-state index contributed by atoms with van der Waals surface area (Å²) in [5.74, 6) is -0.0427. The highest BCUT2D eigenvalue weighted by molar-refractivity contribution is 9.10. The second kappa shape index (κ2) is 5.22. The van der Waals surface area contributed by atoms with E-state index in [2.05, 4.69) is 35.8 Å². The molecule has 0 fully saturated rings. The number of hydrogen-bond acceptors (Lipinski definition) is 5. The quantitative estimate of drug-likeness (QED) is 0.922. The van der Waals surface area contributed by atoms with Gasteiger partial charge in [0.15, 0.2) is 0 Å². The molecule has 0 amide bonds. The van der Waals surface area contributed by atoms with Crippen LogP contribution in [0.2, 0.25) is 0 Å². The zero-order valence-corrected chi connectivity index (χ0v) is 12.7. The molecule has 0 spiro atoms. The number of aromatic nitrogens is 3. The molecule has 0 radical (unpaired) electrons. The molecule has 6 nitrogen and oxygen atoms in total. The summed E-state index contributed by atoms with van der Waals surface area (Å²) in [6.45, 7) is 3.49. The fraction of sp³-hybridized carbons (Fsp3) is 0.182. The average Bonchev–Trinajstić information content (AvgIpc) is 2.34. The first-order valence-electron chi connectivity index (χ1n) is 5.35. The Kier molecular flexibility index (Phi) is 3.81. The summed E-state index contributed by atoms with van der Waals surface area (Å²) in [4.78, 5) is 4.16. The summed E-state index contributed by atoms with van der Waals surface area (Å²) in [5.41, 5.74) is 1.28. The number of benzene rings is 1. The van der Waals surface area contributed by atoms with Crippen molar-refractivity contribution in [2.45, 2.75) is 18.7 Å². The van der Waals surface area contributed by atoms with Crippen LogP contribution in [-0.4, -0.2) is 23.6 Å². The Labute approximate surface area is 119 Å². The Hall–Kier alpha value is -1.54. The molecule has 0 atom stereocenters. The van der Waals surface area contributed by atoms with Gasteiger partial charge in [0.25, 0.3) is 16.0 Å². The number of rotatable bonds is 3. The summed E-state index contributed by atoms with van der Waals surface area (Å²) in [7, 11) is -3.74. The van der Waals surface area contributed by atoms with Crippen LogP contribution in [0.5, 0.6) is 0 Å². The highest BCUT2D eigenvalue weighted by Gasteiger charge is 2.18. The number of aryl methyl sites for hydroxylation is 2. The minimum atomic E-state index is -3.74. The molecule has 1 heterocycles. The fourth-order valence-electron chi connectivity index (χ4n) is 1.34. The number of anilines is 1. The van der Waals surface area contributed by atoms with Crippen molar-refractivity contribution in [2.24, 2.45) is 0 Å². The molecule has 0 aliphatic rings. The van der Waals surface area contributed by atoms with Gasteiger partial charge in [-0.3, -0.25) is 0 Å². The van der Waals surface area contributed by atoms with Crippen LogP contribution >= 0.6 is 15.9 Å². The molecule has 2 rings (SSSR count). The topological polar surface area (TPSA) is 84.8 Å². The molecule has 0 aliphatic heterocycles. The Morgan fingerprint density at radius 2 is 1.79 bits per heavy atom. The molecule has 0 unspecified atom stereocenters. The zero-order chi connectivity index (χ0) is 14.0. The van der Waals surface area contributed by atoms with E-state index in [4.69, 9.17) is 0 Å². The first-order valence-corrected chi connectivity index (χ1v) is 7.63. The molecule has 100 valence electrons. The van der Waals surface area contributed by atoms with Gasteiger partial charge in [-0.2, -0.15) is 5.10 Å². The van der Waals surface area contributed by atoms with Crippen LogP contribution in [0.3, 0.4) is 0 Å². The van der Waals surface area contributed by atoms with Crippen molar-refractivity contribution in [3.8, 4) is 0 Å². The van der Waals surface area contributed by atoms with Crippen molar-refractivity contribution in [3.63, 3.8) is 0 Å². The van der Waals surface area contributed by atoms with E-state index in [9.17, 15) is 8.42 Å². The fourth-order valence-corrected chi connectivity index (χ4v) is 3.28. The van der Waals surface area contributed by atoms with Crippen LogP contribution < -0.4 is 4.72 Å². The SMILES string of the molecule is Cc1nnc(NS(=O)(=O)c2ccccc2Br)nc1C. The lowest BCUT2D eigenvalue weighted by atomic mass is 10.4. The lowest BCUT2D eigenvalue weighted by molar-refractivity contribution is 0.600. The van der Waals surface area contributed by atoms with Crippen molar-refractivity contribution in [1.82, 2.24) is 15.2 Å². The lowest BCUT2D eigenvalue weighted by Crippen LogP contribution is -2.16. The van der Waals surface area contributed by atoms with Gasteiger partial charge in [0, 0.05) is 4.47 Å². The molecule has 0 saturated heterocycles. The van der Waals surface area contributed by atoms with Crippen LogP contribution in [0.15, 0.2) is 33.6 Å². The second-order valence-electron chi connectivity index (χ2n) is 3.84. The Balaban J connectivity index is 2.37. The number of nitrogens with zero attached hydrogens (tertiary/aromatic N) is 3. The maximum Gasteiger partial charge on any atom is 0.265 e. The van der Waals surface area contributed by atoms with Gasteiger partial charge >= 0.3 is 0 Å². The third-order valence-electron chi connectivity index (χ3n) is 2.44. The number of halogens is 1. The first kappa shape index (κ1) is 13.9. The molecule has 1 aromatic heterocycles. The van der Waals surface area contributed by atoms with Crippen molar-refractivity contribution in [3.05, 3.63) is 40.1 Å². The molecule has 0 saturated carbocycles. The standard InChI is InChI=1S/C11H11BrN4O2S/c1-7-8(2)14-15-11(13-7)16-19(17,18)10-6-4-3-5-9(10)12/h3-6H,1-2H3,(H,13,15,16). The third kappa shape index (κ3) is 3.07. The summed E-state index contributed by atoms with van der Waals surface area (Å²) >= 11 is 3.20. The van der Waals surface area contributed by atoms with E-state index in [1.165, 1.54) is 6.07 Å². The van der Waals surface area contributed by atoms with E-state index in [0.29, 0.717) is 15.9 Å². The summed E-state index contributed by atoms with van der Waals surface area (Å²) < 4.78 is 27.1. The Morgan fingerprint density at radius 3 is 2.42 bits per heavy atom. The van der Waals surface area contributed by atoms with E-state index in [0.717, 1.165) is 0 Å².